The van der Waals surface area contributed by atoms with E-state index in [-0.39, 0.29) is 11.5 Å². The van der Waals surface area contributed by atoms with Crippen molar-refractivity contribution in [3.63, 3.8) is 0 Å². The monoisotopic (exact) mass is 332 g/mol. The molecule has 0 aliphatic rings. The number of carbonyl (C=O) groups is 1. The molecule has 0 saturated carbocycles. The average molecular weight is 333 g/mol. The van der Waals surface area contributed by atoms with Crippen LogP contribution in [0.3, 0.4) is 0 Å². The first kappa shape index (κ1) is 14.7. The van der Waals surface area contributed by atoms with Gasteiger partial charge in [0.1, 0.15) is 11.5 Å². The Morgan fingerprint density at radius 1 is 1.00 bits per heavy atom. The van der Waals surface area contributed by atoms with Gasteiger partial charge in [-0.25, -0.2) is 0 Å². The van der Waals surface area contributed by atoms with Gasteiger partial charge < -0.3 is 8.83 Å². The lowest BCUT2D eigenvalue weighted by atomic mass is 10.2. The molecule has 0 bridgehead atoms. The molecule has 5 heteroatoms. The normalized spacial score (nSPS) is 11.2. The fourth-order valence-electron chi connectivity index (χ4n) is 1.97. The highest BCUT2D eigenvalue weighted by molar-refractivity contribution is 6.39. The summed E-state index contributed by atoms with van der Waals surface area (Å²) < 4.78 is 10.7. The van der Waals surface area contributed by atoms with E-state index in [4.69, 9.17) is 32.0 Å². The number of carbonyl (C=O) groups excluding carboxylic acids is 1. The van der Waals surface area contributed by atoms with Crippen LogP contribution in [0.5, 0.6) is 0 Å². The van der Waals surface area contributed by atoms with Crippen molar-refractivity contribution < 1.29 is 13.6 Å². The molecule has 0 atom stereocenters. The van der Waals surface area contributed by atoms with E-state index in [2.05, 4.69) is 0 Å². The van der Waals surface area contributed by atoms with Gasteiger partial charge in [-0.05, 0) is 48.6 Å². The van der Waals surface area contributed by atoms with E-state index in [0.29, 0.717) is 27.1 Å². The lowest BCUT2D eigenvalue weighted by Gasteiger charge is -2.02. The van der Waals surface area contributed by atoms with Crippen molar-refractivity contribution in [3.05, 3.63) is 76.4 Å². The predicted molar refractivity (Wildman–Crippen MR) is 86.2 cm³/mol. The fraction of sp³-hybridized carbons (Fsp3) is 0. The molecule has 0 radical (unpaired) electrons. The second kappa shape index (κ2) is 6.26. The minimum absolute atomic E-state index is 0.237. The van der Waals surface area contributed by atoms with Crippen LogP contribution in [0.15, 0.2) is 63.6 Å². The van der Waals surface area contributed by atoms with Crippen molar-refractivity contribution in [1.29, 1.82) is 0 Å². The SMILES string of the molecule is O=C(/C=C/c1ccc(-c2c(Cl)cccc2Cl)o1)c1ccco1. The maximum absolute atomic E-state index is 11.8. The van der Waals surface area contributed by atoms with Crippen LogP contribution >= 0.6 is 23.2 Å². The zero-order valence-electron chi connectivity index (χ0n) is 11.3. The van der Waals surface area contributed by atoms with Gasteiger partial charge in [-0.3, -0.25) is 4.79 Å². The smallest absolute Gasteiger partial charge is 0.221 e. The highest BCUT2D eigenvalue weighted by Gasteiger charge is 2.12. The van der Waals surface area contributed by atoms with E-state index >= 15 is 0 Å². The first-order valence-electron chi connectivity index (χ1n) is 6.45. The van der Waals surface area contributed by atoms with Crippen LogP contribution in [0.4, 0.5) is 0 Å². The molecule has 0 aliphatic carbocycles. The number of allylic oxidation sites excluding steroid dienone is 1. The molecule has 0 saturated heterocycles. The molecule has 0 N–H and O–H groups in total. The van der Waals surface area contributed by atoms with Crippen LogP contribution < -0.4 is 0 Å². The van der Waals surface area contributed by atoms with Gasteiger partial charge in [0.05, 0.1) is 21.9 Å². The molecule has 0 aliphatic heterocycles. The number of hydrogen-bond acceptors (Lipinski definition) is 3. The standard InChI is InChI=1S/C17H10Cl2O3/c18-12-3-1-4-13(19)17(12)16-9-7-11(22-16)6-8-14(20)15-5-2-10-21-15/h1-10H/b8-6+. The van der Waals surface area contributed by atoms with Crippen molar-refractivity contribution in [2.45, 2.75) is 0 Å². The summed E-state index contributed by atoms with van der Waals surface area (Å²) in [6.45, 7) is 0. The summed E-state index contributed by atoms with van der Waals surface area (Å²) in [7, 11) is 0. The molecule has 2 heterocycles. The average Bonchev–Trinajstić information content (AvgIpc) is 3.16. The topological polar surface area (TPSA) is 43.4 Å². The molecule has 2 aromatic heterocycles. The van der Waals surface area contributed by atoms with Gasteiger partial charge in [0.25, 0.3) is 0 Å². The van der Waals surface area contributed by atoms with Crippen LogP contribution in [-0.4, -0.2) is 5.78 Å². The van der Waals surface area contributed by atoms with E-state index in [9.17, 15) is 4.79 Å². The zero-order chi connectivity index (χ0) is 15.5. The minimum atomic E-state index is -0.237. The second-order valence-corrected chi connectivity index (χ2v) is 5.29. The number of halogens is 2. The fourth-order valence-corrected chi connectivity index (χ4v) is 2.55. The summed E-state index contributed by atoms with van der Waals surface area (Å²) in [5.41, 5.74) is 0.628. The van der Waals surface area contributed by atoms with Gasteiger partial charge in [-0.2, -0.15) is 0 Å². The maximum Gasteiger partial charge on any atom is 0.221 e. The third kappa shape index (κ3) is 3.01. The second-order valence-electron chi connectivity index (χ2n) is 4.47. The van der Waals surface area contributed by atoms with Gasteiger partial charge >= 0.3 is 0 Å². The first-order chi connectivity index (χ1) is 10.6. The number of benzene rings is 1. The van der Waals surface area contributed by atoms with Gasteiger partial charge in [0.15, 0.2) is 5.76 Å². The maximum atomic E-state index is 11.8. The van der Waals surface area contributed by atoms with Gasteiger partial charge in [-0.1, -0.05) is 29.3 Å². The Labute approximate surface area is 136 Å². The molecule has 0 spiro atoms. The summed E-state index contributed by atoms with van der Waals surface area (Å²) in [4.78, 5) is 11.8. The highest BCUT2D eigenvalue weighted by Crippen LogP contribution is 2.35. The number of furan rings is 2. The quantitative estimate of drug-likeness (QED) is 0.451. The molecule has 0 unspecified atom stereocenters. The van der Waals surface area contributed by atoms with Gasteiger partial charge in [0, 0.05) is 0 Å². The largest absolute Gasteiger partial charge is 0.461 e. The van der Waals surface area contributed by atoms with E-state index in [1.54, 1.807) is 48.5 Å². The summed E-state index contributed by atoms with van der Waals surface area (Å²) in [6.07, 6.45) is 4.40. The molecule has 3 aromatic rings. The number of ketones is 1. The molecule has 3 rings (SSSR count). The molecule has 0 fully saturated rings. The van der Waals surface area contributed by atoms with E-state index in [1.807, 2.05) is 0 Å². The van der Waals surface area contributed by atoms with Crippen LogP contribution in [0, 0.1) is 0 Å². The lowest BCUT2D eigenvalue weighted by molar-refractivity contribution is 0.102. The Morgan fingerprint density at radius 3 is 2.45 bits per heavy atom. The van der Waals surface area contributed by atoms with Crippen molar-refractivity contribution in [2.75, 3.05) is 0 Å². The molecular weight excluding hydrogens is 323 g/mol. The van der Waals surface area contributed by atoms with Crippen molar-refractivity contribution >= 4 is 35.1 Å². The molecule has 110 valence electrons. The third-order valence-electron chi connectivity index (χ3n) is 3.00. The summed E-state index contributed by atoms with van der Waals surface area (Å²) in [6, 6.07) is 12.0. The Kier molecular flexibility index (Phi) is 4.18. The molecule has 3 nitrogen and oxygen atoms in total. The number of rotatable bonds is 4. The minimum Gasteiger partial charge on any atom is -0.461 e. The van der Waals surface area contributed by atoms with Crippen LogP contribution in [0.25, 0.3) is 17.4 Å². The lowest BCUT2D eigenvalue weighted by Crippen LogP contribution is -1.89. The molecular formula is C17H10Cl2O3. The van der Waals surface area contributed by atoms with Crippen LogP contribution in [0.1, 0.15) is 16.3 Å². The summed E-state index contributed by atoms with van der Waals surface area (Å²) in [5, 5.41) is 1.01. The summed E-state index contributed by atoms with van der Waals surface area (Å²) >= 11 is 12.3. The van der Waals surface area contributed by atoms with Gasteiger partial charge in [0.2, 0.25) is 5.78 Å². The summed E-state index contributed by atoms with van der Waals surface area (Å²) in [5.74, 6) is 1.10. The predicted octanol–water partition coefficient (Wildman–Crippen LogP) is 5.74. The van der Waals surface area contributed by atoms with E-state index < -0.39 is 0 Å². The highest BCUT2D eigenvalue weighted by atomic mass is 35.5. The van der Waals surface area contributed by atoms with Crippen molar-refractivity contribution in [1.82, 2.24) is 0 Å². The van der Waals surface area contributed by atoms with Crippen LogP contribution in [-0.2, 0) is 0 Å². The van der Waals surface area contributed by atoms with Crippen molar-refractivity contribution in [2.24, 2.45) is 0 Å². The van der Waals surface area contributed by atoms with Crippen LogP contribution in [0.2, 0.25) is 10.0 Å². The number of hydrogen-bond donors (Lipinski definition) is 0. The molecule has 22 heavy (non-hydrogen) atoms. The molecule has 1 aromatic carbocycles. The van der Waals surface area contributed by atoms with Gasteiger partial charge in [-0.15, -0.1) is 0 Å². The third-order valence-corrected chi connectivity index (χ3v) is 3.63. The zero-order valence-corrected chi connectivity index (χ0v) is 12.8. The molecule has 0 amide bonds. The Morgan fingerprint density at radius 2 is 1.77 bits per heavy atom. The first-order valence-corrected chi connectivity index (χ1v) is 7.21. The van der Waals surface area contributed by atoms with E-state index in [0.717, 1.165) is 0 Å². The van der Waals surface area contributed by atoms with E-state index in [1.165, 1.54) is 12.3 Å². The Balaban J connectivity index is 1.84. The Bertz CT molecular complexity index is 809. The van der Waals surface area contributed by atoms with Crippen molar-refractivity contribution in [3.8, 4) is 11.3 Å². The Hall–Kier alpha value is -2.23.